The first-order valence-corrected chi connectivity index (χ1v) is 7.64. The molecule has 2 nitrogen and oxygen atoms in total. The van der Waals surface area contributed by atoms with Gasteiger partial charge in [0.05, 0.1) is 13.2 Å². The Bertz CT molecular complexity index is 533. The fraction of sp³-hybridized carbons (Fsp3) is 0.294. The minimum Gasteiger partial charge on any atom is -0.376 e. The fourth-order valence-electron chi connectivity index (χ4n) is 1.83. The summed E-state index contributed by atoms with van der Waals surface area (Å²) in [7, 11) is 0. The van der Waals surface area contributed by atoms with Crippen LogP contribution in [0.4, 0.5) is 0 Å². The van der Waals surface area contributed by atoms with E-state index in [4.69, 9.17) is 4.74 Å². The Labute approximate surface area is 125 Å². The molecule has 3 heteroatoms. The summed E-state index contributed by atoms with van der Waals surface area (Å²) in [5.74, 6) is 0. The molecule has 2 aromatic rings. The summed E-state index contributed by atoms with van der Waals surface area (Å²) < 4.78 is 5.45. The van der Waals surface area contributed by atoms with Crippen LogP contribution in [0, 0.1) is 0 Å². The van der Waals surface area contributed by atoms with Crippen molar-refractivity contribution in [1.82, 2.24) is 5.32 Å². The molecule has 20 heavy (non-hydrogen) atoms. The van der Waals surface area contributed by atoms with Gasteiger partial charge in [0, 0.05) is 22.8 Å². The van der Waals surface area contributed by atoms with Crippen molar-refractivity contribution < 1.29 is 4.74 Å². The molecule has 1 N–H and O–H groups in total. The zero-order chi connectivity index (χ0) is 14.2. The summed E-state index contributed by atoms with van der Waals surface area (Å²) in [6.07, 6.45) is 0. The predicted molar refractivity (Wildman–Crippen MR) is 87.1 cm³/mol. The standard InChI is InChI=1S/C17H21NOS/c1-14(2)13-19-11-10-18-12-16-8-9-17(20-16)15-6-4-3-5-7-15/h3-9,18H,1,10-13H2,2H3. The number of ether oxygens (including phenoxy) is 1. The average Bonchev–Trinajstić information content (AvgIpc) is 2.92. The van der Waals surface area contributed by atoms with E-state index >= 15 is 0 Å². The van der Waals surface area contributed by atoms with Crippen molar-refractivity contribution in [2.24, 2.45) is 0 Å². The minimum absolute atomic E-state index is 0.652. The number of benzene rings is 1. The maximum Gasteiger partial charge on any atom is 0.0672 e. The summed E-state index contributed by atoms with van der Waals surface area (Å²) >= 11 is 1.84. The van der Waals surface area contributed by atoms with Crippen molar-refractivity contribution in [2.45, 2.75) is 13.5 Å². The molecule has 1 aromatic heterocycles. The Morgan fingerprint density at radius 3 is 2.75 bits per heavy atom. The van der Waals surface area contributed by atoms with E-state index in [9.17, 15) is 0 Å². The third kappa shape index (κ3) is 4.93. The largest absolute Gasteiger partial charge is 0.376 e. The monoisotopic (exact) mass is 287 g/mol. The number of rotatable bonds is 8. The predicted octanol–water partition coefficient (Wildman–Crippen LogP) is 4.10. The summed E-state index contributed by atoms with van der Waals surface area (Å²) in [6.45, 7) is 8.93. The maximum absolute atomic E-state index is 5.45. The van der Waals surface area contributed by atoms with Crippen LogP contribution >= 0.6 is 11.3 Å². The summed E-state index contributed by atoms with van der Waals surface area (Å²) in [4.78, 5) is 2.67. The van der Waals surface area contributed by atoms with E-state index in [2.05, 4.69) is 48.3 Å². The first-order chi connectivity index (χ1) is 9.75. The van der Waals surface area contributed by atoms with Crippen molar-refractivity contribution in [2.75, 3.05) is 19.8 Å². The van der Waals surface area contributed by atoms with Crippen molar-refractivity contribution in [1.29, 1.82) is 0 Å². The van der Waals surface area contributed by atoms with Crippen molar-refractivity contribution in [3.8, 4) is 10.4 Å². The van der Waals surface area contributed by atoms with Gasteiger partial charge in [-0.3, -0.25) is 0 Å². The third-order valence-electron chi connectivity index (χ3n) is 2.79. The van der Waals surface area contributed by atoms with Crippen LogP contribution in [0.15, 0.2) is 54.6 Å². The maximum atomic E-state index is 5.45. The van der Waals surface area contributed by atoms with Crippen LogP contribution in [0.25, 0.3) is 10.4 Å². The molecule has 0 unspecified atom stereocenters. The second-order valence-electron chi connectivity index (χ2n) is 4.82. The second kappa shape index (κ2) is 8.00. The lowest BCUT2D eigenvalue weighted by atomic mass is 10.2. The van der Waals surface area contributed by atoms with E-state index in [-0.39, 0.29) is 0 Å². The third-order valence-corrected chi connectivity index (χ3v) is 3.93. The van der Waals surface area contributed by atoms with Crippen LogP contribution in [0.2, 0.25) is 0 Å². The Morgan fingerprint density at radius 2 is 2.00 bits per heavy atom. The van der Waals surface area contributed by atoms with Crippen molar-refractivity contribution in [3.05, 3.63) is 59.5 Å². The quantitative estimate of drug-likeness (QED) is 0.583. The highest BCUT2D eigenvalue weighted by Crippen LogP contribution is 2.27. The first-order valence-electron chi connectivity index (χ1n) is 6.82. The molecule has 0 saturated carbocycles. The highest BCUT2D eigenvalue weighted by atomic mass is 32.1. The molecule has 1 heterocycles. The van der Waals surface area contributed by atoms with Gasteiger partial charge in [-0.1, -0.05) is 42.5 Å². The van der Waals surface area contributed by atoms with Crippen molar-refractivity contribution in [3.63, 3.8) is 0 Å². The summed E-state index contributed by atoms with van der Waals surface area (Å²) in [6, 6.07) is 14.9. The number of nitrogens with one attached hydrogen (secondary N) is 1. The molecule has 2 rings (SSSR count). The molecule has 0 spiro atoms. The molecule has 1 aromatic carbocycles. The van der Waals surface area contributed by atoms with Crippen molar-refractivity contribution >= 4 is 11.3 Å². The van der Waals surface area contributed by atoms with Gasteiger partial charge in [-0.15, -0.1) is 11.3 Å². The van der Waals surface area contributed by atoms with Gasteiger partial charge in [0.15, 0.2) is 0 Å². The molecule has 0 aliphatic heterocycles. The van der Waals surface area contributed by atoms with E-state index in [1.165, 1.54) is 15.3 Å². The molecular formula is C17H21NOS. The molecule has 0 aliphatic rings. The van der Waals surface area contributed by atoms with Crippen LogP contribution in [-0.4, -0.2) is 19.8 Å². The average molecular weight is 287 g/mol. The Hall–Kier alpha value is -1.42. The van der Waals surface area contributed by atoms with Gasteiger partial charge in [-0.25, -0.2) is 0 Å². The number of thiophene rings is 1. The van der Waals surface area contributed by atoms with Crippen LogP contribution in [0.5, 0.6) is 0 Å². The molecule has 0 saturated heterocycles. The fourth-order valence-corrected chi connectivity index (χ4v) is 2.82. The van der Waals surface area contributed by atoms with E-state index in [0.29, 0.717) is 6.61 Å². The van der Waals surface area contributed by atoms with Gasteiger partial charge in [0.25, 0.3) is 0 Å². The Balaban J connectivity index is 1.72. The normalized spacial score (nSPS) is 10.7. The molecule has 0 atom stereocenters. The van der Waals surface area contributed by atoms with E-state index in [0.717, 1.165) is 25.3 Å². The molecule has 0 bridgehead atoms. The Morgan fingerprint density at radius 1 is 1.20 bits per heavy atom. The highest BCUT2D eigenvalue weighted by molar-refractivity contribution is 7.15. The molecule has 0 radical (unpaired) electrons. The number of hydrogen-bond donors (Lipinski definition) is 1. The van der Waals surface area contributed by atoms with E-state index < -0.39 is 0 Å². The molecule has 0 fully saturated rings. The summed E-state index contributed by atoms with van der Waals surface area (Å²) in [5, 5.41) is 3.40. The number of hydrogen-bond acceptors (Lipinski definition) is 3. The lowest BCUT2D eigenvalue weighted by Gasteiger charge is -2.04. The lowest BCUT2D eigenvalue weighted by Crippen LogP contribution is -2.19. The first kappa shape index (κ1) is 15.0. The summed E-state index contributed by atoms with van der Waals surface area (Å²) in [5.41, 5.74) is 2.35. The van der Waals surface area contributed by atoms with Crippen LogP contribution in [0.1, 0.15) is 11.8 Å². The van der Waals surface area contributed by atoms with Gasteiger partial charge in [-0.2, -0.15) is 0 Å². The van der Waals surface area contributed by atoms with E-state index in [1.807, 2.05) is 24.3 Å². The lowest BCUT2D eigenvalue weighted by molar-refractivity contribution is 0.158. The zero-order valence-electron chi connectivity index (χ0n) is 11.9. The van der Waals surface area contributed by atoms with Crippen LogP contribution in [0.3, 0.4) is 0 Å². The van der Waals surface area contributed by atoms with E-state index in [1.54, 1.807) is 0 Å². The Kier molecular flexibility index (Phi) is 5.99. The van der Waals surface area contributed by atoms with Gasteiger partial charge >= 0.3 is 0 Å². The molecule has 0 amide bonds. The van der Waals surface area contributed by atoms with Gasteiger partial charge < -0.3 is 10.1 Å². The second-order valence-corrected chi connectivity index (χ2v) is 5.99. The SMILES string of the molecule is C=C(C)COCCNCc1ccc(-c2ccccc2)s1. The topological polar surface area (TPSA) is 21.3 Å². The zero-order valence-corrected chi connectivity index (χ0v) is 12.7. The van der Waals surface area contributed by atoms with Crippen LogP contribution < -0.4 is 5.32 Å². The smallest absolute Gasteiger partial charge is 0.0672 e. The van der Waals surface area contributed by atoms with Crippen LogP contribution in [-0.2, 0) is 11.3 Å². The molecule has 106 valence electrons. The molecule has 0 aliphatic carbocycles. The van der Waals surface area contributed by atoms with Gasteiger partial charge in [-0.05, 0) is 24.6 Å². The molecular weight excluding hydrogens is 266 g/mol. The van der Waals surface area contributed by atoms with Gasteiger partial charge in [0.2, 0.25) is 0 Å². The minimum atomic E-state index is 0.652. The highest BCUT2D eigenvalue weighted by Gasteiger charge is 2.01. The van der Waals surface area contributed by atoms with Gasteiger partial charge in [0.1, 0.15) is 0 Å².